The van der Waals surface area contributed by atoms with Gasteiger partial charge in [-0.2, -0.15) is 0 Å². The lowest BCUT2D eigenvalue weighted by atomic mass is 10.2. The van der Waals surface area contributed by atoms with Crippen LogP contribution in [0.4, 0.5) is 23.7 Å². The molecule has 3 aliphatic carbocycles. The minimum absolute atomic E-state index is 0.00811. The Bertz CT molecular complexity index is 3040. The van der Waals surface area contributed by atoms with Crippen molar-refractivity contribution >= 4 is 153 Å². The first-order valence-corrected chi connectivity index (χ1v) is 27.2. The van der Waals surface area contributed by atoms with Gasteiger partial charge in [0.25, 0.3) is 11.1 Å². The van der Waals surface area contributed by atoms with Crippen molar-refractivity contribution < 1.29 is 32.1 Å². The molecule has 3 saturated carbocycles. The molecule has 3 heterocycles. The van der Waals surface area contributed by atoms with Crippen LogP contribution in [-0.4, -0.2) is 47.1 Å². The van der Waals surface area contributed by atoms with E-state index in [1.165, 1.54) is 41.0 Å². The minimum atomic E-state index is -3.22. The molecule has 0 bridgehead atoms. The number of nitrogens with zero attached hydrogens (tertiary/aromatic N) is 6. The highest BCUT2D eigenvalue weighted by Crippen LogP contribution is 2.61. The Labute approximate surface area is 430 Å². The minimum Gasteiger partial charge on any atom is -0.280 e. The molecule has 344 valence electrons. The molecule has 0 spiro atoms. The molecule has 1 aliphatic heterocycles. The topological polar surface area (TPSA) is 163 Å². The smallest absolute Gasteiger partial charge is 0.280 e. The number of carbonyl (C=O) groups is 3. The largest absolute Gasteiger partial charge is 0.339 e. The number of rotatable bonds is 6. The molecule has 4 fully saturated rings. The first-order valence-electron chi connectivity index (χ1n) is 18.8. The summed E-state index contributed by atoms with van der Waals surface area (Å²) in [5, 5.41) is -3.21. The van der Waals surface area contributed by atoms with Crippen LogP contribution in [0.15, 0.2) is 85.9 Å². The fourth-order valence-corrected chi connectivity index (χ4v) is 8.28. The quantitative estimate of drug-likeness (QED) is 0.0702. The van der Waals surface area contributed by atoms with E-state index in [-0.39, 0.29) is 45.5 Å². The molecule has 3 aromatic carbocycles. The van der Waals surface area contributed by atoms with Crippen LogP contribution in [-0.2, 0) is 14.2 Å². The van der Waals surface area contributed by atoms with Crippen LogP contribution in [0, 0.1) is 28.2 Å². The zero-order valence-electron chi connectivity index (χ0n) is 32.6. The molecule has 0 atom stereocenters. The normalized spacial score (nSPS) is 16.0. The summed E-state index contributed by atoms with van der Waals surface area (Å²) in [5.41, 5.74) is -2.35. The number of barbiturate groups is 1. The summed E-state index contributed by atoms with van der Waals surface area (Å²) in [6.45, 7) is 0. The van der Waals surface area contributed by atoms with Crippen LogP contribution in [0.2, 0.25) is 10.3 Å². The second-order valence-corrected chi connectivity index (χ2v) is 25.6. The van der Waals surface area contributed by atoms with E-state index < -0.39 is 69.4 Å². The van der Waals surface area contributed by atoms with Gasteiger partial charge in [0.05, 0.1) is 17.1 Å². The number of anilines is 1. The van der Waals surface area contributed by atoms with Crippen molar-refractivity contribution in [3.8, 4) is 11.4 Å². The second kappa shape index (κ2) is 21.3. The number of halogens is 11. The standard InChI is InChI=1S/2C13H9ClFIN2O2.C13H10FIN2O3.Cl3OP/c14-11-6-12(19)17(8-2-3-8)13(20)18(11)10-4-1-7(16)5-9(10)15;14-11-6-12(19)18(13(20)17(11)8-2-3-8)10-4-1-7(16)5-9(10)15;14-9-5-7(15)1-4-10(9)17-12(19)6-11(18)16(13(17)20)8-2-3-8;1-5(2,3)4/h2*1,4-6,8H,2-3H2;1,4-5,8H,2-3,6H2;. The lowest BCUT2D eigenvalue weighted by Crippen LogP contribution is -2.56. The van der Waals surface area contributed by atoms with Gasteiger partial charge in [-0.25, -0.2) is 41.6 Å². The Kier molecular flexibility index (Phi) is 16.9. The number of amides is 4. The first-order chi connectivity index (χ1) is 30.5. The summed E-state index contributed by atoms with van der Waals surface area (Å²) < 4.78 is 57.9. The Balaban J connectivity index is 0.000000153. The number of urea groups is 1. The molecule has 1 saturated heterocycles. The molecule has 0 N–H and O–H groups in total. The highest BCUT2D eigenvalue weighted by Gasteiger charge is 2.46. The average Bonchev–Trinajstić information content (AvgIpc) is 4.01. The van der Waals surface area contributed by atoms with Gasteiger partial charge in [-0.3, -0.25) is 37.8 Å². The summed E-state index contributed by atoms with van der Waals surface area (Å²) >= 11 is 31.6. The van der Waals surface area contributed by atoms with Crippen LogP contribution in [0.3, 0.4) is 0 Å². The van der Waals surface area contributed by atoms with E-state index in [4.69, 9.17) is 23.2 Å². The summed E-state index contributed by atoms with van der Waals surface area (Å²) in [7, 11) is 0. The number of carbonyl (C=O) groups excluding carboxylic acids is 3. The molecule has 26 heteroatoms. The lowest BCUT2D eigenvalue weighted by Gasteiger charge is -2.32. The SMILES string of the molecule is O=C1CC(=O)N(C2CC2)C(=O)N1c1ccc(I)cc1F.O=P(Cl)(Cl)Cl.O=c1cc(Cl)n(-c2ccc(I)cc2F)c(=O)n1C1CC1.O=c1cc(Cl)n(C2CC2)c(=O)n1-c1ccc(I)cc1F. The van der Waals surface area contributed by atoms with Gasteiger partial charge in [-0.1, -0.05) is 23.2 Å². The van der Waals surface area contributed by atoms with Crippen LogP contribution in [0.5, 0.6) is 0 Å². The van der Waals surface area contributed by atoms with Crippen LogP contribution < -0.4 is 27.4 Å². The zero-order chi connectivity index (χ0) is 47.8. The van der Waals surface area contributed by atoms with Gasteiger partial charge in [0.1, 0.15) is 34.2 Å². The van der Waals surface area contributed by atoms with Crippen LogP contribution in [0.25, 0.3) is 11.4 Å². The molecule has 9 rings (SSSR count). The predicted octanol–water partition coefficient (Wildman–Crippen LogP) is 10.6. The van der Waals surface area contributed by atoms with Gasteiger partial charge in [-0.15, -0.1) is 0 Å². The number of aromatic nitrogens is 4. The fourth-order valence-electron chi connectivity index (χ4n) is 6.36. The highest BCUT2D eigenvalue weighted by atomic mass is 127. The molecule has 2 aromatic heterocycles. The molecule has 65 heavy (non-hydrogen) atoms. The van der Waals surface area contributed by atoms with Gasteiger partial charge >= 0.3 is 22.6 Å². The van der Waals surface area contributed by atoms with E-state index in [0.717, 1.165) is 74.2 Å². The zero-order valence-corrected chi connectivity index (χ0v) is 43.7. The molecule has 0 unspecified atom stereocenters. The molecular weight excluding hydrogens is 1330 g/mol. The number of hydrogen-bond donors (Lipinski definition) is 0. The third kappa shape index (κ3) is 12.9. The average molecular weight is 1350 g/mol. The third-order valence-electron chi connectivity index (χ3n) is 9.59. The van der Waals surface area contributed by atoms with E-state index in [0.29, 0.717) is 10.7 Å². The van der Waals surface area contributed by atoms with Gasteiger partial charge in [0.2, 0.25) is 11.8 Å². The fraction of sp³-hybridized carbons (Fsp3) is 0.256. The van der Waals surface area contributed by atoms with Gasteiger partial charge in [0.15, 0.2) is 0 Å². The Hall–Kier alpha value is -2.71. The van der Waals surface area contributed by atoms with Crippen LogP contribution >= 0.6 is 130 Å². The lowest BCUT2D eigenvalue weighted by molar-refractivity contribution is -0.135. The Morgan fingerprint density at radius 2 is 0.923 bits per heavy atom. The van der Waals surface area contributed by atoms with Crippen molar-refractivity contribution in [3.63, 3.8) is 0 Å². The summed E-state index contributed by atoms with van der Waals surface area (Å²) in [6.07, 6.45) is 4.34. The van der Waals surface area contributed by atoms with Crippen molar-refractivity contribution in [2.45, 2.75) is 63.1 Å². The Morgan fingerprint density at radius 3 is 1.37 bits per heavy atom. The van der Waals surface area contributed by atoms with E-state index in [9.17, 15) is 51.3 Å². The van der Waals surface area contributed by atoms with E-state index >= 15 is 0 Å². The number of benzene rings is 3. The molecule has 4 aliphatic rings. The second-order valence-electron chi connectivity index (χ2n) is 14.4. The number of imide groups is 2. The maximum Gasteiger partial charge on any atom is 0.339 e. The maximum absolute atomic E-state index is 14.0. The maximum atomic E-state index is 14.0. The molecule has 5 aromatic rings. The molecule has 14 nitrogen and oxygen atoms in total. The van der Waals surface area contributed by atoms with Crippen molar-refractivity contribution in [2.24, 2.45) is 0 Å². The highest BCUT2D eigenvalue weighted by molar-refractivity contribution is 14.1. The van der Waals surface area contributed by atoms with Gasteiger partial charge in [0, 0.05) is 41.0 Å². The third-order valence-corrected chi connectivity index (χ3v) is 12.2. The summed E-state index contributed by atoms with van der Waals surface area (Å²) in [4.78, 5) is 86.5. The van der Waals surface area contributed by atoms with Crippen molar-refractivity contribution in [2.75, 3.05) is 4.90 Å². The molecule has 0 radical (unpaired) electrons. The van der Waals surface area contributed by atoms with Gasteiger partial charge < -0.3 is 0 Å². The van der Waals surface area contributed by atoms with Crippen molar-refractivity contribution in [1.82, 2.24) is 23.2 Å². The Morgan fingerprint density at radius 1 is 0.523 bits per heavy atom. The predicted molar refractivity (Wildman–Crippen MR) is 266 cm³/mol. The van der Waals surface area contributed by atoms with Crippen molar-refractivity contribution in [3.05, 3.63) is 147 Å². The van der Waals surface area contributed by atoms with Gasteiger partial charge in [-0.05, 0) is 195 Å². The molecular formula is C39H28Cl5F3I3N6O8P. The monoisotopic (exact) mass is 1350 g/mol. The first kappa shape index (κ1) is 51.7. The van der Waals surface area contributed by atoms with E-state index in [1.807, 2.05) is 67.8 Å². The summed E-state index contributed by atoms with van der Waals surface area (Å²) in [5.74, 6) is -2.99. The van der Waals surface area contributed by atoms with E-state index in [1.54, 1.807) is 18.2 Å². The molecule has 4 amide bonds. The van der Waals surface area contributed by atoms with Crippen molar-refractivity contribution in [1.29, 1.82) is 0 Å². The number of hydrogen-bond acceptors (Lipinski definition) is 8. The summed E-state index contributed by atoms with van der Waals surface area (Å²) in [6, 6.07) is 14.4. The van der Waals surface area contributed by atoms with Crippen LogP contribution in [0.1, 0.15) is 57.0 Å². The van der Waals surface area contributed by atoms with E-state index in [2.05, 4.69) is 33.7 Å².